The predicted molar refractivity (Wildman–Crippen MR) is 124 cm³/mol. The van der Waals surface area contributed by atoms with Crippen molar-refractivity contribution >= 4 is 28.7 Å². The number of hydrogen-bond donors (Lipinski definition) is 5. The number of nitro benzene ring substituents is 1. The first-order valence-electron chi connectivity index (χ1n) is 10.5. The lowest BCUT2D eigenvalue weighted by molar-refractivity contribution is -0.385. The molecular formula is C22H23N3O8S. The fourth-order valence-electron chi connectivity index (χ4n) is 3.94. The second kappa shape index (κ2) is 10.1. The lowest BCUT2D eigenvalue weighted by atomic mass is 9.95. The third-order valence-electron chi connectivity index (χ3n) is 5.73. The number of nitrogens with zero attached hydrogens (tertiary/aromatic N) is 2. The van der Waals surface area contributed by atoms with E-state index in [-0.39, 0.29) is 10.8 Å². The highest BCUT2D eigenvalue weighted by atomic mass is 32.1. The van der Waals surface area contributed by atoms with E-state index in [1.165, 1.54) is 6.07 Å². The average Bonchev–Trinajstić information content (AvgIpc) is 2.84. The molecule has 0 amide bonds. The van der Waals surface area contributed by atoms with Crippen molar-refractivity contribution in [2.75, 3.05) is 6.61 Å². The molecule has 2 aromatic carbocycles. The Morgan fingerprint density at radius 3 is 2.50 bits per heavy atom. The highest BCUT2D eigenvalue weighted by Gasteiger charge is 2.44. The zero-order chi connectivity index (χ0) is 24.4. The van der Waals surface area contributed by atoms with Crippen LogP contribution >= 0.6 is 12.2 Å². The van der Waals surface area contributed by atoms with Crippen LogP contribution in [-0.2, 0) is 4.74 Å². The number of benzene rings is 2. The number of aliphatic imine (C=N–C) groups is 1. The predicted octanol–water partition coefficient (Wildman–Crippen LogP) is 0.582. The van der Waals surface area contributed by atoms with Gasteiger partial charge >= 0.3 is 0 Å². The van der Waals surface area contributed by atoms with Crippen molar-refractivity contribution in [2.45, 2.75) is 43.2 Å². The molecule has 0 aliphatic carbocycles. The van der Waals surface area contributed by atoms with E-state index >= 15 is 0 Å². The first-order chi connectivity index (χ1) is 16.3. The van der Waals surface area contributed by atoms with E-state index in [0.29, 0.717) is 29.0 Å². The van der Waals surface area contributed by atoms with Crippen LogP contribution in [0.25, 0.3) is 0 Å². The monoisotopic (exact) mass is 489 g/mol. The fourth-order valence-corrected chi connectivity index (χ4v) is 4.19. The highest BCUT2D eigenvalue weighted by Crippen LogP contribution is 2.31. The number of hydrogen-bond acceptors (Lipinski definition) is 9. The molecule has 0 saturated carbocycles. The van der Waals surface area contributed by atoms with Gasteiger partial charge in [-0.25, -0.2) is 4.99 Å². The molecule has 5 N–H and O–H groups in total. The molecule has 4 rings (SSSR count). The number of aliphatic hydroxyl groups excluding tert-OH is 4. The van der Waals surface area contributed by atoms with Crippen LogP contribution < -0.4 is 10.1 Å². The molecular weight excluding hydrogens is 466 g/mol. The summed E-state index contributed by atoms with van der Waals surface area (Å²) in [6.45, 7) is -0.557. The van der Waals surface area contributed by atoms with Gasteiger partial charge in [0.15, 0.2) is 5.11 Å². The van der Waals surface area contributed by atoms with Crippen LogP contribution in [0.2, 0.25) is 0 Å². The average molecular weight is 490 g/mol. The van der Waals surface area contributed by atoms with E-state index in [9.17, 15) is 30.5 Å². The summed E-state index contributed by atoms with van der Waals surface area (Å²) < 4.78 is 11.0. The second-order valence-corrected chi connectivity index (χ2v) is 8.31. The van der Waals surface area contributed by atoms with E-state index in [1.54, 1.807) is 42.5 Å². The lowest BCUT2D eigenvalue weighted by Gasteiger charge is -2.39. The summed E-state index contributed by atoms with van der Waals surface area (Å²) >= 11 is 5.26. The lowest BCUT2D eigenvalue weighted by Crippen LogP contribution is -2.60. The second-order valence-electron chi connectivity index (χ2n) is 7.92. The minimum absolute atomic E-state index is 0.00710. The van der Waals surface area contributed by atoms with Crippen molar-refractivity contribution in [3.63, 3.8) is 0 Å². The van der Waals surface area contributed by atoms with Crippen molar-refractivity contribution in [2.24, 2.45) is 4.99 Å². The Morgan fingerprint density at radius 2 is 1.82 bits per heavy atom. The number of rotatable bonds is 6. The molecule has 0 radical (unpaired) electrons. The summed E-state index contributed by atoms with van der Waals surface area (Å²) in [5.74, 6) is 0.306. The van der Waals surface area contributed by atoms with Gasteiger partial charge in [0.2, 0.25) is 6.29 Å². The zero-order valence-corrected chi connectivity index (χ0v) is 18.5. The van der Waals surface area contributed by atoms with Crippen LogP contribution in [0, 0.1) is 10.1 Å². The molecule has 1 unspecified atom stereocenters. The Balaban J connectivity index is 1.49. The molecule has 2 aliphatic heterocycles. The minimum atomic E-state index is -1.54. The minimum Gasteiger partial charge on any atom is -0.462 e. The van der Waals surface area contributed by atoms with Crippen LogP contribution in [0.5, 0.6) is 5.75 Å². The molecule has 1 saturated heterocycles. The molecule has 0 bridgehead atoms. The van der Waals surface area contributed by atoms with Crippen molar-refractivity contribution in [3.8, 4) is 5.75 Å². The SMILES string of the molecule is O=[N+]([O-])c1ccccc1C1CC(c2ccc(O[C@@H]3O[C@H](CO)[C@@H](O)[C@H](O)[C@H]3O)cc2)=NC(=S)N1. The Labute approximate surface area is 199 Å². The molecule has 12 heteroatoms. The van der Waals surface area contributed by atoms with Gasteiger partial charge < -0.3 is 35.2 Å². The molecule has 180 valence electrons. The third kappa shape index (κ3) is 4.92. The normalized spacial score (nSPS) is 29.2. The maximum absolute atomic E-state index is 11.4. The maximum atomic E-state index is 11.4. The maximum Gasteiger partial charge on any atom is 0.274 e. The summed E-state index contributed by atoms with van der Waals surface area (Å²) in [5, 5.41) is 53.9. The number of thiocarbonyl (C=S) groups is 1. The first-order valence-corrected chi connectivity index (χ1v) is 10.9. The van der Waals surface area contributed by atoms with Crippen LogP contribution in [0.15, 0.2) is 53.5 Å². The molecule has 2 aliphatic rings. The van der Waals surface area contributed by atoms with Crippen LogP contribution in [0.4, 0.5) is 5.69 Å². The van der Waals surface area contributed by atoms with E-state index in [0.717, 1.165) is 0 Å². The molecule has 0 spiro atoms. The number of nitro groups is 1. The van der Waals surface area contributed by atoms with Gasteiger partial charge in [0.05, 0.1) is 28.8 Å². The van der Waals surface area contributed by atoms with Gasteiger partial charge in [0.25, 0.3) is 5.69 Å². The number of nitrogens with one attached hydrogen (secondary N) is 1. The number of aliphatic hydroxyl groups is 4. The van der Waals surface area contributed by atoms with Gasteiger partial charge in [0, 0.05) is 12.5 Å². The van der Waals surface area contributed by atoms with Crippen molar-refractivity contribution in [1.82, 2.24) is 5.32 Å². The Kier molecular flexibility index (Phi) is 7.16. The summed E-state index contributed by atoms with van der Waals surface area (Å²) in [6.07, 6.45) is -6.56. The van der Waals surface area contributed by atoms with Gasteiger partial charge in [-0.05, 0) is 42.0 Å². The van der Waals surface area contributed by atoms with E-state index in [4.69, 9.17) is 21.7 Å². The fraction of sp³-hybridized carbons (Fsp3) is 0.364. The van der Waals surface area contributed by atoms with E-state index in [2.05, 4.69) is 10.3 Å². The highest BCUT2D eigenvalue weighted by molar-refractivity contribution is 7.80. The summed E-state index contributed by atoms with van der Waals surface area (Å²) in [7, 11) is 0. The number of para-hydroxylation sites is 1. The zero-order valence-electron chi connectivity index (χ0n) is 17.7. The molecule has 11 nitrogen and oxygen atoms in total. The van der Waals surface area contributed by atoms with E-state index in [1.807, 2.05) is 0 Å². The standard InChI is InChI=1S/C22H23N3O8S/c26-10-17-18(27)19(28)20(29)21(33-17)32-12-7-5-11(6-8-12)14-9-15(24-22(34)23-14)13-3-1-2-4-16(13)25(30)31/h1-8,15,17-21,26-29H,9-10H2,(H,24,34)/t15?,17-,18-,19+,20-,21-/m1/s1. The molecule has 2 heterocycles. The molecule has 34 heavy (non-hydrogen) atoms. The van der Waals surface area contributed by atoms with Crippen molar-refractivity contribution in [3.05, 3.63) is 69.8 Å². The van der Waals surface area contributed by atoms with Gasteiger partial charge in [-0.1, -0.05) is 18.2 Å². The van der Waals surface area contributed by atoms with Crippen LogP contribution in [0.1, 0.15) is 23.6 Å². The molecule has 1 fully saturated rings. The van der Waals surface area contributed by atoms with Crippen LogP contribution in [-0.4, -0.2) is 73.5 Å². The number of ether oxygens (including phenoxy) is 2. The third-order valence-corrected chi connectivity index (χ3v) is 5.94. The van der Waals surface area contributed by atoms with Crippen molar-refractivity contribution in [1.29, 1.82) is 0 Å². The van der Waals surface area contributed by atoms with Gasteiger partial charge in [0.1, 0.15) is 30.2 Å². The van der Waals surface area contributed by atoms with Crippen molar-refractivity contribution < 1.29 is 34.8 Å². The van der Waals surface area contributed by atoms with Gasteiger partial charge in [-0.2, -0.15) is 0 Å². The molecule has 0 aromatic heterocycles. The molecule has 2 aromatic rings. The van der Waals surface area contributed by atoms with Gasteiger partial charge in [-0.15, -0.1) is 0 Å². The Morgan fingerprint density at radius 1 is 1.12 bits per heavy atom. The Bertz CT molecular complexity index is 1090. The smallest absolute Gasteiger partial charge is 0.274 e. The topological polar surface area (TPSA) is 167 Å². The van der Waals surface area contributed by atoms with E-state index < -0.39 is 48.3 Å². The van der Waals surface area contributed by atoms with Gasteiger partial charge in [-0.3, -0.25) is 10.1 Å². The first kappa shape index (κ1) is 24.1. The summed E-state index contributed by atoms with van der Waals surface area (Å²) in [6, 6.07) is 12.6. The quantitative estimate of drug-likeness (QED) is 0.220. The Hall–Kier alpha value is -3.00. The summed E-state index contributed by atoms with van der Waals surface area (Å²) in [5.41, 5.74) is 1.84. The molecule has 6 atom stereocenters. The largest absolute Gasteiger partial charge is 0.462 e. The summed E-state index contributed by atoms with van der Waals surface area (Å²) in [4.78, 5) is 15.4. The van der Waals surface area contributed by atoms with Crippen LogP contribution in [0.3, 0.4) is 0 Å².